The zero-order valence-corrected chi connectivity index (χ0v) is 16.0. The summed E-state index contributed by atoms with van der Waals surface area (Å²) in [5.74, 6) is 0. The van der Waals surface area contributed by atoms with Crippen molar-refractivity contribution in [2.24, 2.45) is 0 Å². The highest BCUT2D eigenvalue weighted by molar-refractivity contribution is 6.30. The lowest BCUT2D eigenvalue weighted by Gasteiger charge is -2.37. The second-order valence-electron chi connectivity index (χ2n) is 7.56. The Morgan fingerprint density at radius 3 is 2.25 bits per heavy atom. The molecule has 2 aliphatic rings. The molecule has 3 rings (SSSR count). The fourth-order valence-electron chi connectivity index (χ4n) is 4.03. The Morgan fingerprint density at radius 2 is 1.58 bits per heavy atom. The Morgan fingerprint density at radius 1 is 0.917 bits per heavy atom. The number of piperazine rings is 1. The molecular weight excluding hydrogens is 316 g/mol. The van der Waals surface area contributed by atoms with Crippen LogP contribution in [-0.2, 0) is 0 Å². The Hall–Kier alpha value is -0.830. The van der Waals surface area contributed by atoms with Gasteiger partial charge >= 0.3 is 0 Å². The standard InChI is InChI=1S/C21H31ClN2/c1-17(2)24-14-12-23(13-15-24)16-19-6-4-3-5-7-21(19)18-8-10-20(22)11-9-18/h8-11,17H,3-7,12-16H2,1-2H3. The second-order valence-corrected chi connectivity index (χ2v) is 7.99. The summed E-state index contributed by atoms with van der Waals surface area (Å²) in [6.45, 7) is 10.6. The molecule has 1 heterocycles. The molecule has 0 unspecified atom stereocenters. The molecule has 0 bridgehead atoms. The lowest BCUT2D eigenvalue weighted by Crippen LogP contribution is -2.49. The van der Waals surface area contributed by atoms with Gasteiger partial charge in [0, 0.05) is 43.8 Å². The summed E-state index contributed by atoms with van der Waals surface area (Å²) in [5.41, 5.74) is 4.65. The molecular formula is C21H31ClN2. The van der Waals surface area contributed by atoms with Crippen LogP contribution in [0.1, 0.15) is 51.5 Å². The molecule has 1 fully saturated rings. The first-order valence-corrected chi connectivity index (χ1v) is 9.94. The molecule has 1 aromatic rings. The van der Waals surface area contributed by atoms with Gasteiger partial charge in [-0.2, -0.15) is 0 Å². The second kappa shape index (κ2) is 8.51. The minimum atomic E-state index is 0.675. The average Bonchev–Trinajstić information content (AvgIpc) is 2.82. The normalized spacial score (nSPS) is 21.3. The summed E-state index contributed by atoms with van der Waals surface area (Å²) in [7, 11) is 0. The van der Waals surface area contributed by atoms with E-state index in [1.807, 2.05) is 12.1 Å². The Labute approximate surface area is 152 Å². The Balaban J connectivity index is 1.73. The smallest absolute Gasteiger partial charge is 0.0406 e. The molecule has 24 heavy (non-hydrogen) atoms. The van der Waals surface area contributed by atoms with E-state index in [0.717, 1.165) is 11.6 Å². The fourth-order valence-corrected chi connectivity index (χ4v) is 4.15. The predicted octanol–water partition coefficient (Wildman–Crippen LogP) is 5.08. The molecule has 1 saturated heterocycles. The zero-order chi connectivity index (χ0) is 16.9. The van der Waals surface area contributed by atoms with Crippen LogP contribution in [0, 0.1) is 0 Å². The van der Waals surface area contributed by atoms with E-state index in [1.54, 1.807) is 11.1 Å². The number of benzene rings is 1. The van der Waals surface area contributed by atoms with Gasteiger partial charge in [0.15, 0.2) is 0 Å². The van der Waals surface area contributed by atoms with Crippen LogP contribution in [0.5, 0.6) is 0 Å². The van der Waals surface area contributed by atoms with Crippen molar-refractivity contribution in [3.63, 3.8) is 0 Å². The van der Waals surface area contributed by atoms with E-state index in [4.69, 9.17) is 11.6 Å². The van der Waals surface area contributed by atoms with Crippen molar-refractivity contribution in [1.82, 2.24) is 9.80 Å². The minimum absolute atomic E-state index is 0.675. The van der Waals surface area contributed by atoms with Crippen molar-refractivity contribution in [3.05, 3.63) is 40.4 Å². The molecule has 1 aliphatic carbocycles. The maximum absolute atomic E-state index is 6.09. The van der Waals surface area contributed by atoms with Crippen molar-refractivity contribution < 1.29 is 0 Å². The third-order valence-electron chi connectivity index (χ3n) is 5.58. The number of rotatable bonds is 4. The number of hydrogen-bond acceptors (Lipinski definition) is 2. The monoisotopic (exact) mass is 346 g/mol. The first-order chi connectivity index (χ1) is 11.6. The zero-order valence-electron chi connectivity index (χ0n) is 15.2. The lowest BCUT2D eigenvalue weighted by molar-refractivity contribution is 0.114. The quantitative estimate of drug-likeness (QED) is 0.749. The summed E-state index contributed by atoms with van der Waals surface area (Å²) in [6.07, 6.45) is 6.52. The molecule has 0 N–H and O–H groups in total. The van der Waals surface area contributed by atoms with Gasteiger partial charge in [-0.1, -0.05) is 35.7 Å². The first kappa shape index (κ1) is 18.0. The molecule has 0 amide bonds. The SMILES string of the molecule is CC(C)N1CCN(CC2=C(c3ccc(Cl)cc3)CCCCC2)CC1. The summed E-state index contributed by atoms with van der Waals surface area (Å²) in [4.78, 5) is 5.26. The highest BCUT2D eigenvalue weighted by atomic mass is 35.5. The third kappa shape index (κ3) is 4.62. The van der Waals surface area contributed by atoms with Gasteiger partial charge in [-0.15, -0.1) is 0 Å². The van der Waals surface area contributed by atoms with Gasteiger partial charge in [0.25, 0.3) is 0 Å². The van der Waals surface area contributed by atoms with Crippen LogP contribution in [-0.4, -0.2) is 48.6 Å². The van der Waals surface area contributed by atoms with Gasteiger partial charge < -0.3 is 0 Å². The first-order valence-electron chi connectivity index (χ1n) is 9.57. The summed E-state index contributed by atoms with van der Waals surface area (Å²) in [5, 5.41) is 0.833. The molecule has 132 valence electrons. The van der Waals surface area contributed by atoms with Crippen molar-refractivity contribution >= 4 is 17.2 Å². The number of hydrogen-bond donors (Lipinski definition) is 0. The molecule has 3 heteroatoms. The average molecular weight is 347 g/mol. The molecule has 0 aromatic heterocycles. The van der Waals surface area contributed by atoms with Crippen LogP contribution in [0.15, 0.2) is 29.8 Å². The third-order valence-corrected chi connectivity index (χ3v) is 5.83. The largest absolute Gasteiger partial charge is 0.298 e. The van der Waals surface area contributed by atoms with Crippen molar-refractivity contribution in [2.75, 3.05) is 32.7 Å². The summed E-state index contributed by atoms with van der Waals surface area (Å²) >= 11 is 6.09. The van der Waals surface area contributed by atoms with Crippen LogP contribution < -0.4 is 0 Å². The summed E-state index contributed by atoms with van der Waals surface area (Å²) < 4.78 is 0. The van der Waals surface area contributed by atoms with Crippen LogP contribution in [0.2, 0.25) is 5.02 Å². The predicted molar refractivity (Wildman–Crippen MR) is 105 cm³/mol. The molecule has 1 aromatic carbocycles. The highest BCUT2D eigenvalue weighted by Gasteiger charge is 2.21. The van der Waals surface area contributed by atoms with Crippen LogP contribution in [0.4, 0.5) is 0 Å². The molecule has 0 spiro atoms. The molecule has 0 atom stereocenters. The highest BCUT2D eigenvalue weighted by Crippen LogP contribution is 2.32. The van der Waals surface area contributed by atoms with E-state index in [0.29, 0.717) is 6.04 Å². The Bertz CT molecular complexity index is 554. The van der Waals surface area contributed by atoms with Gasteiger partial charge in [-0.25, -0.2) is 0 Å². The maximum Gasteiger partial charge on any atom is 0.0406 e. The van der Waals surface area contributed by atoms with Gasteiger partial charge in [-0.05, 0) is 62.8 Å². The van der Waals surface area contributed by atoms with E-state index in [2.05, 4.69) is 35.8 Å². The summed E-state index contributed by atoms with van der Waals surface area (Å²) in [6, 6.07) is 9.16. The molecule has 2 nitrogen and oxygen atoms in total. The van der Waals surface area contributed by atoms with Crippen LogP contribution >= 0.6 is 11.6 Å². The molecule has 1 aliphatic heterocycles. The van der Waals surface area contributed by atoms with Gasteiger partial charge in [0.2, 0.25) is 0 Å². The fraction of sp³-hybridized carbons (Fsp3) is 0.619. The van der Waals surface area contributed by atoms with E-state index in [-0.39, 0.29) is 0 Å². The van der Waals surface area contributed by atoms with E-state index < -0.39 is 0 Å². The van der Waals surface area contributed by atoms with Gasteiger partial charge in [0.05, 0.1) is 0 Å². The van der Waals surface area contributed by atoms with Crippen molar-refractivity contribution in [3.8, 4) is 0 Å². The minimum Gasteiger partial charge on any atom is -0.298 e. The lowest BCUT2D eigenvalue weighted by atomic mass is 9.95. The topological polar surface area (TPSA) is 6.48 Å². The molecule has 0 saturated carbocycles. The van der Waals surface area contributed by atoms with Crippen LogP contribution in [0.25, 0.3) is 5.57 Å². The molecule has 0 radical (unpaired) electrons. The number of nitrogens with zero attached hydrogens (tertiary/aromatic N) is 2. The number of halogens is 1. The van der Waals surface area contributed by atoms with Crippen LogP contribution in [0.3, 0.4) is 0 Å². The van der Waals surface area contributed by atoms with E-state index >= 15 is 0 Å². The number of allylic oxidation sites excluding steroid dienone is 1. The van der Waals surface area contributed by atoms with Gasteiger partial charge in [-0.3, -0.25) is 9.80 Å². The Kier molecular flexibility index (Phi) is 6.37. The van der Waals surface area contributed by atoms with Gasteiger partial charge in [0.1, 0.15) is 0 Å². The van der Waals surface area contributed by atoms with Crippen molar-refractivity contribution in [2.45, 2.75) is 52.0 Å². The van der Waals surface area contributed by atoms with E-state index in [9.17, 15) is 0 Å². The maximum atomic E-state index is 6.09. The van der Waals surface area contributed by atoms with Crippen molar-refractivity contribution in [1.29, 1.82) is 0 Å². The van der Waals surface area contributed by atoms with E-state index in [1.165, 1.54) is 63.8 Å².